The van der Waals surface area contributed by atoms with Gasteiger partial charge >= 0.3 is 0 Å². The molecule has 96 valence electrons. The second-order valence-corrected chi connectivity index (χ2v) is 5.54. The third-order valence-electron chi connectivity index (χ3n) is 3.38. The van der Waals surface area contributed by atoms with Crippen LogP contribution in [0.1, 0.15) is 6.04 Å². The predicted octanol–water partition coefficient (Wildman–Crippen LogP) is 1.75. The molecule has 1 aliphatic heterocycles. The summed E-state index contributed by atoms with van der Waals surface area (Å²) in [5.41, 5.74) is 0.878. The molecule has 1 aliphatic rings. The minimum atomic E-state index is 0.405. The van der Waals surface area contributed by atoms with E-state index in [0.29, 0.717) is 6.04 Å². The molecule has 0 aromatic carbocycles. The first-order valence-corrected chi connectivity index (χ1v) is 6.85. The largest absolute Gasteiger partial charge is 0.336 e. The first kappa shape index (κ1) is 11.0. The number of nitrogens with zero attached hydrogens (tertiary/aromatic N) is 6. The maximum Gasteiger partial charge on any atom is 0.231 e. The minimum absolute atomic E-state index is 0.405. The Kier molecular flexibility index (Phi) is 2.34. The predicted molar refractivity (Wildman–Crippen MR) is 74.2 cm³/mol. The van der Waals surface area contributed by atoms with E-state index in [2.05, 4.69) is 36.1 Å². The van der Waals surface area contributed by atoms with Crippen LogP contribution in [0.15, 0.2) is 41.3 Å². The van der Waals surface area contributed by atoms with Crippen LogP contribution >= 0.6 is 15.9 Å². The van der Waals surface area contributed by atoms with Gasteiger partial charge in [-0.25, -0.2) is 0 Å². The molecule has 0 N–H and O–H groups in total. The van der Waals surface area contributed by atoms with E-state index in [4.69, 9.17) is 0 Å². The van der Waals surface area contributed by atoms with Crippen molar-refractivity contribution in [2.75, 3.05) is 18.0 Å². The second kappa shape index (κ2) is 4.06. The van der Waals surface area contributed by atoms with Gasteiger partial charge in [-0.3, -0.25) is 9.08 Å². The van der Waals surface area contributed by atoms with E-state index in [1.807, 2.05) is 45.9 Å². The fourth-order valence-electron chi connectivity index (χ4n) is 2.34. The van der Waals surface area contributed by atoms with Gasteiger partial charge in [-0.15, -0.1) is 10.2 Å². The van der Waals surface area contributed by atoms with E-state index in [1.54, 1.807) is 0 Å². The molecule has 1 fully saturated rings. The van der Waals surface area contributed by atoms with Crippen LogP contribution in [0.3, 0.4) is 0 Å². The molecule has 4 rings (SSSR count). The Hall–Kier alpha value is -1.89. The van der Waals surface area contributed by atoms with E-state index in [9.17, 15) is 0 Å². The van der Waals surface area contributed by atoms with Crippen LogP contribution in [0.2, 0.25) is 0 Å². The van der Waals surface area contributed by atoms with Gasteiger partial charge in [0.1, 0.15) is 0 Å². The average Bonchev–Trinajstić information content (AvgIpc) is 2.96. The lowest BCUT2D eigenvalue weighted by atomic mass is 10.1. The fraction of sp³-hybridized carbons (Fsp3) is 0.250. The van der Waals surface area contributed by atoms with Crippen molar-refractivity contribution < 1.29 is 0 Å². The molecule has 0 radical (unpaired) electrons. The summed E-state index contributed by atoms with van der Waals surface area (Å²) < 4.78 is 5.01. The first-order valence-electron chi connectivity index (χ1n) is 6.05. The molecule has 3 aromatic rings. The lowest BCUT2D eigenvalue weighted by Crippen LogP contribution is -2.48. The molecule has 4 heterocycles. The van der Waals surface area contributed by atoms with Gasteiger partial charge in [-0.05, 0) is 28.1 Å². The number of halogens is 1. The second-order valence-electron chi connectivity index (χ2n) is 4.63. The van der Waals surface area contributed by atoms with Gasteiger partial charge in [0.05, 0.1) is 16.7 Å². The van der Waals surface area contributed by atoms with E-state index in [1.165, 1.54) is 0 Å². The number of aromatic nitrogens is 5. The molecule has 0 unspecified atom stereocenters. The van der Waals surface area contributed by atoms with Gasteiger partial charge in [0.25, 0.3) is 0 Å². The highest BCUT2D eigenvalue weighted by atomic mass is 79.9. The fourth-order valence-corrected chi connectivity index (χ4v) is 2.65. The molecule has 3 aromatic heterocycles. The van der Waals surface area contributed by atoms with Crippen molar-refractivity contribution in [3.05, 3.63) is 41.3 Å². The molecule has 0 atom stereocenters. The molecule has 0 saturated carbocycles. The smallest absolute Gasteiger partial charge is 0.231 e. The van der Waals surface area contributed by atoms with Crippen molar-refractivity contribution in [2.24, 2.45) is 0 Å². The Balaban J connectivity index is 1.57. The number of hydrogen-bond acceptors (Lipinski definition) is 4. The Bertz CT molecular complexity index is 726. The third-order valence-corrected chi connectivity index (χ3v) is 3.79. The highest BCUT2D eigenvalue weighted by Crippen LogP contribution is 2.26. The summed E-state index contributed by atoms with van der Waals surface area (Å²) in [6, 6.07) is 6.32. The molecule has 0 aliphatic carbocycles. The van der Waals surface area contributed by atoms with Gasteiger partial charge in [-0.2, -0.15) is 5.10 Å². The van der Waals surface area contributed by atoms with Crippen LogP contribution in [0.25, 0.3) is 5.65 Å². The molecular weight excluding hydrogens is 308 g/mol. The van der Waals surface area contributed by atoms with Gasteiger partial charge < -0.3 is 4.90 Å². The Labute approximate surface area is 117 Å². The maximum absolute atomic E-state index is 4.32. The zero-order valence-corrected chi connectivity index (χ0v) is 11.6. The molecule has 7 heteroatoms. The number of hydrogen-bond donors (Lipinski definition) is 0. The van der Waals surface area contributed by atoms with Gasteiger partial charge in [0.15, 0.2) is 5.65 Å². The highest BCUT2D eigenvalue weighted by Gasteiger charge is 2.31. The summed E-state index contributed by atoms with van der Waals surface area (Å²) in [6.07, 6.45) is 5.81. The summed E-state index contributed by atoms with van der Waals surface area (Å²) >= 11 is 3.42. The van der Waals surface area contributed by atoms with Gasteiger partial charge in [0, 0.05) is 25.5 Å². The van der Waals surface area contributed by atoms with E-state index < -0.39 is 0 Å². The summed E-state index contributed by atoms with van der Waals surface area (Å²) in [4.78, 5) is 2.21. The van der Waals surface area contributed by atoms with Crippen LogP contribution in [0.4, 0.5) is 5.95 Å². The number of fused-ring (bicyclic) bond motifs is 1. The molecule has 1 saturated heterocycles. The van der Waals surface area contributed by atoms with Crippen molar-refractivity contribution in [3.63, 3.8) is 0 Å². The maximum atomic E-state index is 4.32. The summed E-state index contributed by atoms with van der Waals surface area (Å²) in [5.74, 6) is 0.901. The van der Waals surface area contributed by atoms with Crippen molar-refractivity contribution in [2.45, 2.75) is 6.04 Å². The molecule has 0 bridgehead atoms. The lowest BCUT2D eigenvalue weighted by Gasteiger charge is -2.39. The number of anilines is 1. The average molecular weight is 319 g/mol. The standard InChI is InChI=1S/C12H11BrN6/c13-9-5-14-19(6-9)10-7-17(8-10)12-16-15-11-3-1-2-4-18(11)12/h1-6,10H,7-8H2. The monoisotopic (exact) mass is 318 g/mol. The Morgan fingerprint density at radius 1 is 1.21 bits per heavy atom. The summed E-state index contributed by atoms with van der Waals surface area (Å²) in [7, 11) is 0. The van der Waals surface area contributed by atoms with Crippen molar-refractivity contribution in [3.8, 4) is 0 Å². The van der Waals surface area contributed by atoms with Crippen molar-refractivity contribution in [1.29, 1.82) is 0 Å². The van der Waals surface area contributed by atoms with Gasteiger partial charge in [0.2, 0.25) is 5.95 Å². The van der Waals surface area contributed by atoms with Crippen molar-refractivity contribution >= 4 is 27.5 Å². The number of rotatable bonds is 2. The molecule has 6 nitrogen and oxygen atoms in total. The van der Waals surface area contributed by atoms with E-state index >= 15 is 0 Å². The minimum Gasteiger partial charge on any atom is -0.336 e. The first-order chi connectivity index (χ1) is 9.31. The van der Waals surface area contributed by atoms with Crippen LogP contribution in [0.5, 0.6) is 0 Å². The lowest BCUT2D eigenvalue weighted by molar-refractivity contribution is 0.362. The topological polar surface area (TPSA) is 51.2 Å². The quantitative estimate of drug-likeness (QED) is 0.722. The molecule has 0 amide bonds. The van der Waals surface area contributed by atoms with Crippen molar-refractivity contribution in [1.82, 2.24) is 24.4 Å². The Morgan fingerprint density at radius 3 is 2.89 bits per heavy atom. The highest BCUT2D eigenvalue weighted by molar-refractivity contribution is 9.10. The van der Waals surface area contributed by atoms with Gasteiger partial charge in [-0.1, -0.05) is 6.07 Å². The zero-order valence-electron chi connectivity index (χ0n) is 10.0. The molecule has 0 spiro atoms. The van der Waals surface area contributed by atoms with Crippen LogP contribution in [-0.4, -0.2) is 37.5 Å². The normalized spacial score (nSPS) is 15.9. The third kappa shape index (κ3) is 1.73. The van der Waals surface area contributed by atoms with Crippen LogP contribution in [0, 0.1) is 0 Å². The molecule has 19 heavy (non-hydrogen) atoms. The summed E-state index contributed by atoms with van der Waals surface area (Å²) in [6.45, 7) is 1.81. The van der Waals surface area contributed by atoms with Crippen LogP contribution < -0.4 is 4.90 Å². The van der Waals surface area contributed by atoms with Crippen LogP contribution in [-0.2, 0) is 0 Å². The Morgan fingerprint density at radius 2 is 2.11 bits per heavy atom. The van der Waals surface area contributed by atoms with E-state index in [0.717, 1.165) is 29.2 Å². The molecular formula is C12H11BrN6. The van der Waals surface area contributed by atoms with E-state index in [-0.39, 0.29) is 0 Å². The number of pyridine rings is 1. The zero-order chi connectivity index (χ0) is 12.8. The summed E-state index contributed by atoms with van der Waals surface area (Å²) in [5, 5.41) is 12.7. The SMILES string of the molecule is Brc1cnn(C2CN(c3nnc4ccccn34)C2)c1.